The minimum atomic E-state index is -1.10. The van der Waals surface area contributed by atoms with Gasteiger partial charge < -0.3 is 19.5 Å². The van der Waals surface area contributed by atoms with Gasteiger partial charge in [0, 0.05) is 6.54 Å². The molecule has 0 aliphatic carbocycles. The zero-order valence-electron chi connectivity index (χ0n) is 10.6. The zero-order valence-corrected chi connectivity index (χ0v) is 10.6. The summed E-state index contributed by atoms with van der Waals surface area (Å²) in [7, 11) is 0. The van der Waals surface area contributed by atoms with Gasteiger partial charge in [-0.3, -0.25) is 4.79 Å². The largest absolute Gasteiger partial charge is 0.484 e. The van der Waals surface area contributed by atoms with Gasteiger partial charge in [0.05, 0.1) is 13.2 Å². The summed E-state index contributed by atoms with van der Waals surface area (Å²) in [5, 5.41) is 8.84. The smallest absolute Gasteiger partial charge is 0.334 e. The van der Waals surface area contributed by atoms with Crippen LogP contribution >= 0.6 is 0 Å². The fraction of sp³-hybridized carbons (Fsp3) is 0.385. The quantitative estimate of drug-likeness (QED) is 0.871. The van der Waals surface area contributed by atoms with Gasteiger partial charge in [-0.15, -0.1) is 0 Å². The minimum Gasteiger partial charge on any atom is -0.484 e. The van der Waals surface area contributed by atoms with Crippen molar-refractivity contribution in [3.8, 4) is 5.75 Å². The molecule has 1 aromatic rings. The topological polar surface area (TPSA) is 76.1 Å². The van der Waals surface area contributed by atoms with Gasteiger partial charge in [-0.1, -0.05) is 0 Å². The standard InChI is InChI=1S/C13H14FNO5/c14-9-1-3-10(4-2-9)20-8-12(16)15-5-6-19-11(7-15)13(17)18/h1-4,11H,5-8H2,(H,17,18). The Morgan fingerprint density at radius 3 is 2.75 bits per heavy atom. The molecule has 0 spiro atoms. The lowest BCUT2D eigenvalue weighted by atomic mass is 10.2. The highest BCUT2D eigenvalue weighted by Crippen LogP contribution is 2.12. The van der Waals surface area contributed by atoms with Crippen molar-refractivity contribution in [3.63, 3.8) is 0 Å². The Morgan fingerprint density at radius 2 is 2.10 bits per heavy atom. The van der Waals surface area contributed by atoms with Gasteiger partial charge in [0.1, 0.15) is 11.6 Å². The highest BCUT2D eigenvalue weighted by atomic mass is 19.1. The van der Waals surface area contributed by atoms with Gasteiger partial charge in [-0.2, -0.15) is 0 Å². The van der Waals surface area contributed by atoms with Crippen LogP contribution in [-0.4, -0.2) is 54.3 Å². The van der Waals surface area contributed by atoms with Crippen molar-refractivity contribution < 1.29 is 28.6 Å². The summed E-state index contributed by atoms with van der Waals surface area (Å²) in [6.45, 7) is 0.285. The third-order valence-electron chi connectivity index (χ3n) is 2.87. The summed E-state index contributed by atoms with van der Waals surface area (Å²) in [6.07, 6.45) is -1.00. The third kappa shape index (κ3) is 3.67. The van der Waals surface area contributed by atoms with E-state index >= 15 is 0 Å². The molecule has 1 aliphatic heterocycles. The van der Waals surface area contributed by atoms with E-state index in [2.05, 4.69) is 0 Å². The minimum absolute atomic E-state index is 0.000937. The van der Waals surface area contributed by atoms with Gasteiger partial charge in [-0.05, 0) is 24.3 Å². The summed E-state index contributed by atoms with van der Waals surface area (Å²) in [6, 6.07) is 5.30. The molecule has 2 rings (SSSR count). The molecule has 1 saturated heterocycles. The molecule has 1 atom stereocenters. The van der Waals surface area contributed by atoms with E-state index in [0.717, 1.165) is 0 Å². The Hall–Kier alpha value is -2.15. The normalized spacial score (nSPS) is 18.6. The van der Waals surface area contributed by atoms with Crippen molar-refractivity contribution in [1.29, 1.82) is 0 Å². The number of carbonyl (C=O) groups is 2. The molecule has 0 saturated carbocycles. The number of morpholine rings is 1. The van der Waals surface area contributed by atoms with E-state index in [-0.39, 0.29) is 31.5 Å². The summed E-state index contributed by atoms with van der Waals surface area (Å²) in [5.41, 5.74) is 0. The Bertz CT molecular complexity index is 490. The maximum Gasteiger partial charge on any atom is 0.334 e. The van der Waals surface area contributed by atoms with E-state index in [1.54, 1.807) is 0 Å². The maximum atomic E-state index is 12.7. The number of hydrogen-bond donors (Lipinski definition) is 1. The van der Waals surface area contributed by atoms with E-state index in [0.29, 0.717) is 12.3 Å². The predicted octanol–water partition coefficient (Wildman–Crippen LogP) is 0.516. The van der Waals surface area contributed by atoms with Crippen LogP contribution in [0.15, 0.2) is 24.3 Å². The molecule has 108 valence electrons. The Balaban J connectivity index is 1.85. The number of benzene rings is 1. The highest BCUT2D eigenvalue weighted by molar-refractivity contribution is 5.79. The van der Waals surface area contributed by atoms with Crippen LogP contribution in [0.5, 0.6) is 5.75 Å². The molecule has 0 aromatic heterocycles. The van der Waals surface area contributed by atoms with E-state index in [9.17, 15) is 14.0 Å². The van der Waals surface area contributed by atoms with Crippen LogP contribution in [-0.2, 0) is 14.3 Å². The highest BCUT2D eigenvalue weighted by Gasteiger charge is 2.28. The molecule has 1 N–H and O–H groups in total. The summed E-state index contributed by atoms with van der Waals surface area (Å²) in [5.74, 6) is -1.44. The first-order chi connectivity index (χ1) is 9.56. The lowest BCUT2D eigenvalue weighted by Crippen LogP contribution is -2.49. The van der Waals surface area contributed by atoms with Crippen LogP contribution in [0.25, 0.3) is 0 Å². The average Bonchev–Trinajstić information content (AvgIpc) is 2.46. The fourth-order valence-electron chi connectivity index (χ4n) is 1.79. The number of rotatable bonds is 4. The second-order valence-corrected chi connectivity index (χ2v) is 4.28. The van der Waals surface area contributed by atoms with Gasteiger partial charge in [0.2, 0.25) is 0 Å². The number of amides is 1. The number of nitrogens with zero attached hydrogens (tertiary/aromatic N) is 1. The first-order valence-corrected chi connectivity index (χ1v) is 6.07. The van der Waals surface area contributed by atoms with Crippen molar-refractivity contribution in [2.45, 2.75) is 6.10 Å². The second kappa shape index (κ2) is 6.33. The van der Waals surface area contributed by atoms with Crippen LogP contribution < -0.4 is 4.74 Å². The van der Waals surface area contributed by atoms with Crippen LogP contribution in [0.2, 0.25) is 0 Å². The van der Waals surface area contributed by atoms with Crippen molar-refractivity contribution in [1.82, 2.24) is 4.90 Å². The van der Waals surface area contributed by atoms with E-state index < -0.39 is 12.1 Å². The first kappa shape index (κ1) is 14.3. The van der Waals surface area contributed by atoms with E-state index in [4.69, 9.17) is 14.6 Å². The molecule has 1 heterocycles. The average molecular weight is 283 g/mol. The Morgan fingerprint density at radius 1 is 1.40 bits per heavy atom. The SMILES string of the molecule is O=C(O)C1CN(C(=O)COc2ccc(F)cc2)CCO1. The van der Waals surface area contributed by atoms with Crippen LogP contribution in [0.1, 0.15) is 0 Å². The van der Waals surface area contributed by atoms with Crippen LogP contribution in [0, 0.1) is 5.82 Å². The molecule has 0 bridgehead atoms. The number of hydrogen-bond acceptors (Lipinski definition) is 4. The van der Waals surface area contributed by atoms with Crippen molar-refractivity contribution in [2.24, 2.45) is 0 Å². The molecule has 0 radical (unpaired) electrons. The van der Waals surface area contributed by atoms with Gasteiger partial charge in [0.15, 0.2) is 12.7 Å². The first-order valence-electron chi connectivity index (χ1n) is 6.07. The summed E-state index contributed by atoms with van der Waals surface area (Å²) in [4.78, 5) is 24.1. The van der Waals surface area contributed by atoms with Gasteiger partial charge in [-0.25, -0.2) is 9.18 Å². The summed E-state index contributed by atoms with van der Waals surface area (Å²) >= 11 is 0. The molecule has 1 fully saturated rings. The van der Waals surface area contributed by atoms with E-state index in [1.165, 1.54) is 29.2 Å². The number of carboxylic acid groups (broad SMARTS) is 1. The zero-order chi connectivity index (χ0) is 14.5. The lowest BCUT2D eigenvalue weighted by Gasteiger charge is -2.30. The number of carboxylic acids is 1. The number of halogens is 1. The maximum absolute atomic E-state index is 12.7. The number of ether oxygens (including phenoxy) is 2. The van der Waals surface area contributed by atoms with Crippen LogP contribution in [0.3, 0.4) is 0 Å². The predicted molar refractivity (Wildman–Crippen MR) is 65.9 cm³/mol. The van der Waals surface area contributed by atoms with Gasteiger partial charge >= 0.3 is 5.97 Å². The molecule has 7 heteroatoms. The second-order valence-electron chi connectivity index (χ2n) is 4.28. The summed E-state index contributed by atoms with van der Waals surface area (Å²) < 4.78 is 22.9. The third-order valence-corrected chi connectivity index (χ3v) is 2.87. The Labute approximate surface area is 114 Å². The lowest BCUT2D eigenvalue weighted by molar-refractivity contribution is -0.159. The van der Waals surface area contributed by atoms with Gasteiger partial charge in [0.25, 0.3) is 5.91 Å². The fourth-order valence-corrected chi connectivity index (χ4v) is 1.79. The molecule has 1 amide bonds. The number of carbonyl (C=O) groups excluding carboxylic acids is 1. The monoisotopic (exact) mass is 283 g/mol. The van der Waals surface area contributed by atoms with Crippen molar-refractivity contribution in [3.05, 3.63) is 30.1 Å². The molecule has 20 heavy (non-hydrogen) atoms. The van der Waals surface area contributed by atoms with Crippen LogP contribution in [0.4, 0.5) is 4.39 Å². The Kier molecular flexibility index (Phi) is 4.52. The molecule has 6 nitrogen and oxygen atoms in total. The van der Waals surface area contributed by atoms with E-state index in [1.807, 2.05) is 0 Å². The molecule has 1 aliphatic rings. The van der Waals surface area contributed by atoms with Crippen molar-refractivity contribution >= 4 is 11.9 Å². The molecular weight excluding hydrogens is 269 g/mol. The molecule has 1 aromatic carbocycles. The van der Waals surface area contributed by atoms with Crippen molar-refractivity contribution in [2.75, 3.05) is 26.3 Å². The number of aliphatic carboxylic acids is 1. The molecule has 1 unspecified atom stereocenters. The molecular formula is C13H14FNO5.